The van der Waals surface area contributed by atoms with Crippen molar-refractivity contribution in [2.75, 3.05) is 30.8 Å². The van der Waals surface area contributed by atoms with E-state index in [9.17, 15) is 18.0 Å². The number of halogens is 2. The smallest absolute Gasteiger partial charge is 0.242 e. The third-order valence-corrected chi connectivity index (χ3v) is 8.23. The first-order valence-electron chi connectivity index (χ1n) is 13.2. The Kier molecular flexibility index (Phi) is 11.9. The fourth-order valence-electron chi connectivity index (χ4n) is 4.48. The van der Waals surface area contributed by atoms with Gasteiger partial charge < -0.3 is 15.0 Å². The van der Waals surface area contributed by atoms with Crippen molar-refractivity contribution in [1.29, 1.82) is 0 Å². The zero-order valence-electron chi connectivity index (χ0n) is 23.3. The average Bonchev–Trinajstić information content (AvgIpc) is 2.94. The van der Waals surface area contributed by atoms with E-state index < -0.39 is 16.1 Å². The van der Waals surface area contributed by atoms with Gasteiger partial charge in [0.15, 0.2) is 0 Å². The van der Waals surface area contributed by atoms with Crippen molar-refractivity contribution in [3.63, 3.8) is 0 Å². The summed E-state index contributed by atoms with van der Waals surface area (Å²) in [5, 5.41) is 3.51. The van der Waals surface area contributed by atoms with Gasteiger partial charge in [0.1, 0.15) is 11.8 Å². The van der Waals surface area contributed by atoms with E-state index in [1.807, 2.05) is 37.3 Å². The lowest BCUT2D eigenvalue weighted by Gasteiger charge is -2.32. The third kappa shape index (κ3) is 9.11. The van der Waals surface area contributed by atoms with Crippen LogP contribution < -0.4 is 14.4 Å². The van der Waals surface area contributed by atoms with E-state index in [0.29, 0.717) is 33.7 Å². The highest BCUT2D eigenvalue weighted by atomic mass is 35.5. The standard InChI is InChI=1S/C30H35Cl2N3O5S/c1-4-40-28-14-9-8-13-26(28)35(41(3,38)39)18-10-15-29(36)34(21-23-16-17-24(31)20-25(23)32)27(30(37)33-2)19-22-11-6-5-7-12-22/h5-9,11-14,16-17,20,27H,4,10,15,18-19,21H2,1-3H3,(H,33,37)/t27-/m1/s1. The maximum absolute atomic E-state index is 13.8. The van der Waals surface area contributed by atoms with Gasteiger partial charge in [0.25, 0.3) is 0 Å². The summed E-state index contributed by atoms with van der Waals surface area (Å²) < 4.78 is 32.4. The molecular weight excluding hydrogens is 585 g/mol. The summed E-state index contributed by atoms with van der Waals surface area (Å²) in [5.41, 5.74) is 1.92. The Morgan fingerprint density at radius 3 is 2.32 bits per heavy atom. The van der Waals surface area contributed by atoms with Crippen molar-refractivity contribution in [2.45, 2.75) is 38.8 Å². The summed E-state index contributed by atoms with van der Waals surface area (Å²) in [7, 11) is -2.15. The van der Waals surface area contributed by atoms with Crippen molar-refractivity contribution >= 4 is 50.7 Å². The molecule has 3 rings (SSSR count). The molecule has 0 heterocycles. The van der Waals surface area contributed by atoms with Gasteiger partial charge in [0.05, 0.1) is 18.6 Å². The molecule has 0 aliphatic carbocycles. The van der Waals surface area contributed by atoms with Gasteiger partial charge in [-0.05, 0) is 48.7 Å². The van der Waals surface area contributed by atoms with Gasteiger partial charge in [-0.3, -0.25) is 13.9 Å². The van der Waals surface area contributed by atoms with E-state index in [4.69, 9.17) is 27.9 Å². The van der Waals surface area contributed by atoms with Crippen molar-refractivity contribution in [3.05, 3.63) is 94.0 Å². The number of nitrogens with one attached hydrogen (secondary N) is 1. The summed E-state index contributed by atoms with van der Waals surface area (Å²) >= 11 is 12.5. The molecule has 8 nitrogen and oxygen atoms in total. The minimum atomic E-state index is -3.68. The minimum Gasteiger partial charge on any atom is -0.492 e. The monoisotopic (exact) mass is 619 g/mol. The second-order valence-corrected chi connectivity index (χ2v) is 12.2. The molecule has 220 valence electrons. The molecule has 11 heteroatoms. The lowest BCUT2D eigenvalue weighted by Crippen LogP contribution is -2.49. The summed E-state index contributed by atoms with van der Waals surface area (Å²) in [6.45, 7) is 2.31. The van der Waals surface area contributed by atoms with Gasteiger partial charge in [-0.2, -0.15) is 0 Å². The zero-order valence-corrected chi connectivity index (χ0v) is 25.7. The predicted molar refractivity (Wildman–Crippen MR) is 164 cm³/mol. The number of anilines is 1. The Bertz CT molecular complexity index is 1440. The number of benzene rings is 3. The van der Waals surface area contributed by atoms with Crippen LogP contribution in [0.25, 0.3) is 0 Å². The average molecular weight is 621 g/mol. The van der Waals surface area contributed by atoms with Gasteiger partial charge in [0, 0.05) is 43.0 Å². The van der Waals surface area contributed by atoms with Crippen LogP contribution in [0.1, 0.15) is 30.9 Å². The van der Waals surface area contributed by atoms with Crippen LogP contribution >= 0.6 is 23.2 Å². The lowest BCUT2D eigenvalue weighted by atomic mass is 10.0. The molecule has 2 amide bonds. The first-order chi connectivity index (χ1) is 19.5. The number of ether oxygens (including phenoxy) is 1. The molecule has 3 aromatic rings. The molecule has 0 fully saturated rings. The van der Waals surface area contributed by atoms with E-state index in [1.165, 1.54) is 16.3 Å². The number of amides is 2. The van der Waals surface area contributed by atoms with Gasteiger partial charge in [-0.1, -0.05) is 71.7 Å². The van der Waals surface area contributed by atoms with E-state index in [1.54, 1.807) is 42.5 Å². The summed E-state index contributed by atoms with van der Waals surface area (Å²) in [5.74, 6) is -0.198. The summed E-state index contributed by atoms with van der Waals surface area (Å²) in [6, 6.07) is 20.5. The van der Waals surface area contributed by atoms with E-state index in [0.717, 1.165) is 11.8 Å². The molecule has 0 saturated carbocycles. The number of para-hydroxylation sites is 2. The zero-order chi connectivity index (χ0) is 30.0. The first-order valence-corrected chi connectivity index (χ1v) is 15.8. The SMILES string of the molecule is CCOc1ccccc1N(CCCC(=O)N(Cc1ccc(Cl)cc1Cl)[C@H](Cc1ccccc1)C(=O)NC)S(C)(=O)=O. The highest BCUT2D eigenvalue weighted by Crippen LogP contribution is 2.30. The van der Waals surface area contributed by atoms with Crippen LogP contribution in [0.2, 0.25) is 10.0 Å². The molecule has 0 aromatic heterocycles. The Hall–Kier alpha value is -3.27. The molecule has 0 radical (unpaired) electrons. The fourth-order valence-corrected chi connectivity index (χ4v) is 5.91. The van der Waals surface area contributed by atoms with Gasteiger partial charge in [0.2, 0.25) is 21.8 Å². The van der Waals surface area contributed by atoms with Crippen LogP contribution in [0.4, 0.5) is 5.69 Å². The lowest BCUT2D eigenvalue weighted by molar-refractivity contribution is -0.141. The largest absolute Gasteiger partial charge is 0.492 e. The second kappa shape index (κ2) is 15.1. The van der Waals surface area contributed by atoms with E-state index >= 15 is 0 Å². The highest BCUT2D eigenvalue weighted by Gasteiger charge is 2.30. The Balaban J connectivity index is 1.89. The molecule has 1 atom stereocenters. The number of carbonyl (C=O) groups excluding carboxylic acids is 2. The van der Waals surface area contributed by atoms with Crippen LogP contribution in [0, 0.1) is 0 Å². The van der Waals surface area contributed by atoms with Crippen molar-refractivity contribution in [2.24, 2.45) is 0 Å². The number of likely N-dealkylation sites (N-methyl/N-ethyl adjacent to an activating group) is 1. The molecule has 1 N–H and O–H groups in total. The second-order valence-electron chi connectivity index (χ2n) is 9.42. The molecular formula is C30H35Cl2N3O5S. The van der Waals surface area contributed by atoms with Gasteiger partial charge in [-0.25, -0.2) is 8.42 Å². The van der Waals surface area contributed by atoms with Gasteiger partial charge >= 0.3 is 0 Å². The van der Waals surface area contributed by atoms with Crippen molar-refractivity contribution in [1.82, 2.24) is 10.2 Å². The normalized spacial score (nSPS) is 11.9. The topological polar surface area (TPSA) is 96.0 Å². The number of hydrogen-bond acceptors (Lipinski definition) is 5. The number of sulfonamides is 1. The first kappa shape index (κ1) is 32.2. The van der Waals surface area contributed by atoms with Gasteiger partial charge in [-0.15, -0.1) is 0 Å². The van der Waals surface area contributed by atoms with Crippen LogP contribution in [-0.4, -0.2) is 57.6 Å². The number of carbonyl (C=O) groups is 2. The van der Waals surface area contributed by atoms with Crippen LogP contribution in [-0.2, 0) is 32.6 Å². The predicted octanol–water partition coefficient (Wildman–Crippen LogP) is 5.32. The Morgan fingerprint density at radius 1 is 1.00 bits per heavy atom. The number of rotatable bonds is 14. The van der Waals surface area contributed by atoms with Crippen LogP contribution in [0.15, 0.2) is 72.8 Å². The quantitative estimate of drug-likeness (QED) is 0.263. The molecule has 0 saturated heterocycles. The third-order valence-electron chi connectivity index (χ3n) is 6.46. The molecule has 0 spiro atoms. The number of nitrogens with zero attached hydrogens (tertiary/aromatic N) is 2. The highest BCUT2D eigenvalue weighted by molar-refractivity contribution is 7.92. The summed E-state index contributed by atoms with van der Waals surface area (Å²) in [6.07, 6.45) is 1.61. The van der Waals surface area contributed by atoms with Crippen molar-refractivity contribution < 1.29 is 22.7 Å². The Morgan fingerprint density at radius 2 is 1.68 bits per heavy atom. The van der Waals surface area contributed by atoms with Crippen molar-refractivity contribution in [3.8, 4) is 5.75 Å². The fraction of sp³-hybridized carbons (Fsp3) is 0.333. The van der Waals surface area contributed by atoms with E-state index in [-0.39, 0.29) is 44.2 Å². The van der Waals surface area contributed by atoms with Crippen LogP contribution in [0.5, 0.6) is 5.75 Å². The number of hydrogen-bond donors (Lipinski definition) is 1. The van der Waals surface area contributed by atoms with E-state index in [2.05, 4.69) is 5.32 Å². The molecule has 0 bridgehead atoms. The Labute approximate surface area is 252 Å². The minimum absolute atomic E-state index is 0.00366. The molecule has 0 aliphatic heterocycles. The maximum Gasteiger partial charge on any atom is 0.242 e. The maximum atomic E-state index is 13.8. The molecule has 0 unspecified atom stereocenters. The van der Waals surface area contributed by atoms with Crippen LogP contribution in [0.3, 0.4) is 0 Å². The molecule has 3 aromatic carbocycles. The molecule has 41 heavy (non-hydrogen) atoms. The summed E-state index contributed by atoms with van der Waals surface area (Å²) in [4.78, 5) is 28.4. The molecule has 0 aliphatic rings.